The van der Waals surface area contributed by atoms with Crippen molar-refractivity contribution in [1.82, 2.24) is 10.2 Å². The van der Waals surface area contributed by atoms with Gasteiger partial charge >= 0.3 is 0 Å². The number of hydrogen-bond acceptors (Lipinski definition) is 7. The number of nitrogens with zero attached hydrogens (tertiary/aromatic N) is 2. The van der Waals surface area contributed by atoms with E-state index in [-0.39, 0.29) is 37.4 Å². The summed E-state index contributed by atoms with van der Waals surface area (Å²) in [5.74, 6) is 0.575. The molecule has 0 spiro atoms. The molecule has 2 aliphatic heterocycles. The van der Waals surface area contributed by atoms with Crippen molar-refractivity contribution >= 4 is 23.3 Å². The number of fused-ring (bicyclic) bond motifs is 1. The minimum Gasteiger partial charge on any atom is -0.493 e. The topological polar surface area (TPSA) is 97.4 Å². The number of rotatable bonds is 10. The van der Waals surface area contributed by atoms with Gasteiger partial charge in [0.15, 0.2) is 30.5 Å². The Morgan fingerprint density at radius 2 is 1.85 bits per heavy atom. The number of benzene rings is 2. The van der Waals surface area contributed by atoms with Crippen molar-refractivity contribution in [1.29, 1.82) is 0 Å². The minimum absolute atomic E-state index is 0.134. The lowest BCUT2D eigenvalue weighted by Crippen LogP contribution is -2.46. The highest BCUT2D eigenvalue weighted by atomic mass is 16.5. The van der Waals surface area contributed by atoms with E-state index in [0.717, 1.165) is 19.6 Å². The van der Waals surface area contributed by atoms with Crippen LogP contribution >= 0.6 is 0 Å². The minimum atomic E-state index is -0.336. The van der Waals surface area contributed by atoms with Crippen molar-refractivity contribution in [2.45, 2.75) is 12.8 Å². The molecule has 2 aliphatic rings. The molecule has 1 saturated heterocycles. The van der Waals surface area contributed by atoms with Gasteiger partial charge in [-0.1, -0.05) is 12.1 Å². The Labute approximate surface area is 198 Å². The Balaban J connectivity index is 1.39. The summed E-state index contributed by atoms with van der Waals surface area (Å²) in [5, 5.41) is 2.88. The van der Waals surface area contributed by atoms with E-state index in [2.05, 4.69) is 10.2 Å². The van der Waals surface area contributed by atoms with Crippen LogP contribution in [0.4, 0.5) is 5.69 Å². The summed E-state index contributed by atoms with van der Waals surface area (Å²) < 4.78 is 16.4. The standard InChI is InChI=1S/C25H29N3O6/c1-32-22-6-2-3-7-23(22)33-16-20(29)18-8-9-21-19(14-18)28(25(31)17-34-21)15-24(30)26-10-13-27-11-4-5-12-27/h2-3,6-9,14H,4-5,10-13,15-17H2,1H3,(H,26,30). The molecule has 0 aromatic heterocycles. The second-order valence-corrected chi connectivity index (χ2v) is 8.21. The molecular weight excluding hydrogens is 438 g/mol. The first-order chi connectivity index (χ1) is 16.5. The molecule has 0 aliphatic carbocycles. The summed E-state index contributed by atoms with van der Waals surface area (Å²) in [6, 6.07) is 11.9. The summed E-state index contributed by atoms with van der Waals surface area (Å²) >= 11 is 0. The predicted octanol–water partition coefficient (Wildman–Crippen LogP) is 1.89. The highest BCUT2D eigenvalue weighted by molar-refractivity contribution is 6.04. The third-order valence-corrected chi connectivity index (χ3v) is 5.90. The molecule has 180 valence electrons. The van der Waals surface area contributed by atoms with Crippen LogP contribution in [0.1, 0.15) is 23.2 Å². The average molecular weight is 468 g/mol. The van der Waals surface area contributed by atoms with Crippen LogP contribution in [0, 0.1) is 0 Å². The molecule has 0 bridgehead atoms. The molecule has 2 aromatic carbocycles. The zero-order chi connectivity index (χ0) is 23.9. The zero-order valence-corrected chi connectivity index (χ0v) is 19.2. The molecule has 2 amide bonds. The van der Waals surface area contributed by atoms with E-state index < -0.39 is 0 Å². The van der Waals surface area contributed by atoms with Crippen molar-refractivity contribution in [3.05, 3.63) is 48.0 Å². The third-order valence-electron chi connectivity index (χ3n) is 5.90. The number of nitrogens with one attached hydrogen (secondary N) is 1. The number of ether oxygens (including phenoxy) is 3. The molecule has 1 fully saturated rings. The Kier molecular flexibility index (Phi) is 7.64. The van der Waals surface area contributed by atoms with Gasteiger partial charge < -0.3 is 24.4 Å². The fourth-order valence-corrected chi connectivity index (χ4v) is 4.07. The van der Waals surface area contributed by atoms with Crippen LogP contribution in [0.3, 0.4) is 0 Å². The molecule has 0 saturated carbocycles. The predicted molar refractivity (Wildman–Crippen MR) is 126 cm³/mol. The molecule has 2 aromatic rings. The number of hydrogen-bond donors (Lipinski definition) is 1. The van der Waals surface area contributed by atoms with Crippen molar-refractivity contribution in [3.8, 4) is 17.2 Å². The fourth-order valence-electron chi connectivity index (χ4n) is 4.07. The Morgan fingerprint density at radius 3 is 2.62 bits per heavy atom. The third kappa shape index (κ3) is 5.66. The Hall–Kier alpha value is -3.59. The second-order valence-electron chi connectivity index (χ2n) is 8.21. The lowest BCUT2D eigenvalue weighted by atomic mass is 10.1. The summed E-state index contributed by atoms with van der Waals surface area (Å²) in [6.45, 7) is 2.95. The lowest BCUT2D eigenvalue weighted by molar-refractivity contribution is -0.125. The van der Waals surface area contributed by atoms with Gasteiger partial charge in [0, 0.05) is 18.7 Å². The lowest BCUT2D eigenvalue weighted by Gasteiger charge is -2.29. The van der Waals surface area contributed by atoms with Crippen molar-refractivity contribution in [2.24, 2.45) is 0 Å². The summed E-state index contributed by atoms with van der Waals surface area (Å²) in [4.78, 5) is 41.5. The number of methoxy groups -OCH3 is 1. The van der Waals surface area contributed by atoms with Crippen LogP contribution in [-0.4, -0.2) is 75.5 Å². The van der Waals surface area contributed by atoms with Crippen molar-refractivity contribution < 1.29 is 28.6 Å². The highest BCUT2D eigenvalue weighted by Crippen LogP contribution is 2.33. The van der Waals surface area contributed by atoms with Crippen LogP contribution < -0.4 is 24.4 Å². The molecular formula is C25H29N3O6. The van der Waals surface area contributed by atoms with E-state index >= 15 is 0 Å². The number of para-hydroxylation sites is 2. The van der Waals surface area contributed by atoms with Gasteiger partial charge in [-0.3, -0.25) is 19.3 Å². The van der Waals surface area contributed by atoms with E-state index in [1.54, 1.807) is 36.4 Å². The molecule has 9 nitrogen and oxygen atoms in total. The van der Waals surface area contributed by atoms with Crippen LogP contribution in [0.25, 0.3) is 0 Å². The van der Waals surface area contributed by atoms with E-state index in [0.29, 0.717) is 35.0 Å². The SMILES string of the molecule is COc1ccccc1OCC(=O)c1ccc2c(c1)N(CC(=O)NCCN1CCCC1)C(=O)CO2. The van der Waals surface area contributed by atoms with Crippen LogP contribution in [-0.2, 0) is 9.59 Å². The largest absolute Gasteiger partial charge is 0.493 e. The molecule has 34 heavy (non-hydrogen) atoms. The molecule has 2 heterocycles. The average Bonchev–Trinajstić information content (AvgIpc) is 3.37. The van der Waals surface area contributed by atoms with Crippen LogP contribution in [0.5, 0.6) is 17.2 Å². The van der Waals surface area contributed by atoms with Crippen molar-refractivity contribution in [2.75, 3.05) is 57.9 Å². The van der Waals surface area contributed by atoms with Gasteiger partial charge in [0.1, 0.15) is 12.3 Å². The first kappa shape index (κ1) is 23.6. The Bertz CT molecular complexity index is 1050. The van der Waals surface area contributed by atoms with E-state index in [1.807, 2.05) is 6.07 Å². The molecule has 1 N–H and O–H groups in total. The maximum absolute atomic E-state index is 12.8. The molecule has 0 radical (unpaired) electrons. The number of likely N-dealkylation sites (tertiary alicyclic amines) is 1. The van der Waals surface area contributed by atoms with E-state index in [1.165, 1.54) is 24.9 Å². The van der Waals surface area contributed by atoms with Gasteiger partial charge in [-0.15, -0.1) is 0 Å². The first-order valence-electron chi connectivity index (χ1n) is 11.4. The van der Waals surface area contributed by atoms with Gasteiger partial charge in [0.25, 0.3) is 5.91 Å². The molecule has 0 unspecified atom stereocenters. The maximum atomic E-state index is 12.8. The molecule has 9 heteroatoms. The number of carbonyl (C=O) groups excluding carboxylic acids is 3. The fraction of sp³-hybridized carbons (Fsp3) is 0.400. The Morgan fingerprint density at radius 1 is 1.09 bits per heavy atom. The second kappa shape index (κ2) is 11.0. The summed E-state index contributed by atoms with van der Waals surface area (Å²) in [7, 11) is 1.53. The maximum Gasteiger partial charge on any atom is 0.265 e. The van der Waals surface area contributed by atoms with E-state index in [4.69, 9.17) is 14.2 Å². The number of ketones is 1. The highest BCUT2D eigenvalue weighted by Gasteiger charge is 2.28. The van der Waals surface area contributed by atoms with Gasteiger partial charge in [-0.25, -0.2) is 0 Å². The molecule has 0 atom stereocenters. The number of amides is 2. The van der Waals surface area contributed by atoms with Gasteiger partial charge in [0.2, 0.25) is 5.91 Å². The van der Waals surface area contributed by atoms with Gasteiger partial charge in [0.05, 0.1) is 12.8 Å². The quantitative estimate of drug-likeness (QED) is 0.533. The zero-order valence-electron chi connectivity index (χ0n) is 19.2. The van der Waals surface area contributed by atoms with Crippen LogP contribution in [0.15, 0.2) is 42.5 Å². The number of Topliss-reactive ketones (excluding diaryl/α,β-unsaturated/α-hetero) is 1. The van der Waals surface area contributed by atoms with Crippen LogP contribution in [0.2, 0.25) is 0 Å². The van der Waals surface area contributed by atoms with Gasteiger partial charge in [-0.2, -0.15) is 0 Å². The smallest absolute Gasteiger partial charge is 0.265 e. The molecule has 4 rings (SSSR count). The summed E-state index contributed by atoms with van der Waals surface area (Å²) in [5.41, 5.74) is 0.750. The number of carbonyl (C=O) groups is 3. The summed E-state index contributed by atoms with van der Waals surface area (Å²) in [6.07, 6.45) is 2.38. The van der Waals surface area contributed by atoms with Gasteiger partial charge in [-0.05, 0) is 56.3 Å². The van der Waals surface area contributed by atoms with E-state index in [9.17, 15) is 14.4 Å². The number of anilines is 1. The van der Waals surface area contributed by atoms with Crippen molar-refractivity contribution in [3.63, 3.8) is 0 Å². The normalized spacial score (nSPS) is 15.4. The monoisotopic (exact) mass is 467 g/mol. The first-order valence-corrected chi connectivity index (χ1v) is 11.4.